The molecule has 1 rings (SSSR count). The first-order chi connectivity index (χ1) is 7.99. The summed E-state index contributed by atoms with van der Waals surface area (Å²) in [6, 6.07) is 7.19. The number of rotatable bonds is 4. The molecule has 5 nitrogen and oxygen atoms in total. The fraction of sp³-hybridized carbons (Fsp3) is 0.182. The Kier molecular flexibility index (Phi) is 4.86. The maximum Gasteiger partial charge on any atom is 0.315 e. The van der Waals surface area contributed by atoms with E-state index >= 15 is 0 Å². The third-order valence-corrected chi connectivity index (χ3v) is 2.95. The van der Waals surface area contributed by atoms with Crippen molar-refractivity contribution in [1.82, 2.24) is 0 Å². The van der Waals surface area contributed by atoms with Crippen molar-refractivity contribution in [3.8, 4) is 0 Å². The summed E-state index contributed by atoms with van der Waals surface area (Å²) < 4.78 is 9.27. The van der Waals surface area contributed by atoms with Crippen LogP contribution in [0.15, 0.2) is 24.3 Å². The summed E-state index contributed by atoms with van der Waals surface area (Å²) in [4.78, 5) is 21.7. The standard InChI is InChI=1S/C11H13NO4S/c1-8-4-2-3-5-9(8)12-10(13)6-17(16)7-11(14)15/h2-6,16H,7H2,1H3,(H,12,13)(H,14,15). The highest BCUT2D eigenvalue weighted by Crippen LogP contribution is 2.13. The van der Waals surface area contributed by atoms with Gasteiger partial charge in [0, 0.05) is 5.69 Å². The lowest BCUT2D eigenvalue weighted by atomic mass is 10.2. The molecule has 0 aliphatic rings. The van der Waals surface area contributed by atoms with E-state index in [1.807, 2.05) is 19.1 Å². The molecule has 0 heterocycles. The van der Waals surface area contributed by atoms with Crippen molar-refractivity contribution in [3.05, 3.63) is 29.8 Å². The summed E-state index contributed by atoms with van der Waals surface area (Å²) in [5, 5.41) is 12.0. The Morgan fingerprint density at radius 3 is 2.65 bits per heavy atom. The van der Waals surface area contributed by atoms with Crippen LogP contribution in [0.5, 0.6) is 0 Å². The van der Waals surface area contributed by atoms with Crippen molar-refractivity contribution in [2.75, 3.05) is 11.1 Å². The number of nitrogens with one attached hydrogen (secondary N) is 1. The van der Waals surface area contributed by atoms with Crippen LogP contribution in [0.4, 0.5) is 5.69 Å². The molecule has 1 unspecified atom stereocenters. The van der Waals surface area contributed by atoms with Gasteiger partial charge < -0.3 is 15.0 Å². The van der Waals surface area contributed by atoms with Gasteiger partial charge in [-0.1, -0.05) is 18.2 Å². The van der Waals surface area contributed by atoms with E-state index in [1.165, 1.54) is 0 Å². The van der Waals surface area contributed by atoms with Crippen molar-refractivity contribution < 1.29 is 19.2 Å². The highest BCUT2D eigenvalue weighted by molar-refractivity contribution is 8.11. The van der Waals surface area contributed by atoms with E-state index < -0.39 is 28.4 Å². The normalized spacial score (nSPS) is 12.1. The van der Waals surface area contributed by atoms with Gasteiger partial charge in [-0.15, -0.1) is 0 Å². The number of hydrogen-bond donors (Lipinski definition) is 3. The largest absolute Gasteiger partial charge is 0.481 e. The van der Waals surface area contributed by atoms with E-state index in [4.69, 9.17) is 5.11 Å². The first-order valence-corrected chi connectivity index (χ1v) is 6.22. The Morgan fingerprint density at radius 1 is 1.41 bits per heavy atom. The molecule has 6 heteroatoms. The highest BCUT2D eigenvalue weighted by atomic mass is 32.2. The number of aliphatic carboxylic acids is 1. The number of anilines is 1. The maximum absolute atomic E-state index is 11.4. The van der Waals surface area contributed by atoms with Gasteiger partial charge in [0.25, 0.3) is 5.91 Å². The number of aryl methyl sites for hydroxylation is 1. The lowest BCUT2D eigenvalue weighted by Crippen LogP contribution is -2.14. The molecule has 1 aromatic rings. The number of carboxylic acids is 1. The molecule has 0 radical (unpaired) electrons. The van der Waals surface area contributed by atoms with Gasteiger partial charge >= 0.3 is 5.97 Å². The van der Waals surface area contributed by atoms with Crippen molar-refractivity contribution >= 4 is 33.7 Å². The zero-order valence-corrected chi connectivity index (χ0v) is 10.0. The van der Waals surface area contributed by atoms with Crippen LogP contribution in [-0.2, 0) is 9.59 Å². The van der Waals surface area contributed by atoms with Crippen LogP contribution in [0.25, 0.3) is 0 Å². The number of carbonyl (C=O) groups is 2. The zero-order chi connectivity index (χ0) is 12.8. The SMILES string of the molecule is Cc1ccccc1NC(=O)C=S(O)CC(=O)O. The van der Waals surface area contributed by atoms with Crippen LogP contribution >= 0.6 is 10.8 Å². The van der Waals surface area contributed by atoms with E-state index in [0.29, 0.717) is 5.69 Å². The van der Waals surface area contributed by atoms with Gasteiger partial charge in [-0.2, -0.15) is 0 Å². The van der Waals surface area contributed by atoms with Crippen LogP contribution in [0.3, 0.4) is 0 Å². The van der Waals surface area contributed by atoms with Gasteiger partial charge in [-0.3, -0.25) is 9.59 Å². The average Bonchev–Trinajstić information content (AvgIpc) is 2.19. The molecule has 1 aromatic carbocycles. The lowest BCUT2D eigenvalue weighted by Gasteiger charge is -2.05. The molecule has 0 fully saturated rings. The van der Waals surface area contributed by atoms with Crippen LogP contribution in [0.2, 0.25) is 0 Å². The second kappa shape index (κ2) is 6.17. The zero-order valence-electron chi connectivity index (χ0n) is 9.21. The quantitative estimate of drug-likeness (QED) is 0.713. The molecule has 0 spiro atoms. The van der Waals surface area contributed by atoms with E-state index in [0.717, 1.165) is 10.9 Å². The molecular weight excluding hydrogens is 242 g/mol. The van der Waals surface area contributed by atoms with Gasteiger partial charge in [0.1, 0.15) is 5.75 Å². The van der Waals surface area contributed by atoms with Gasteiger partial charge in [-0.25, -0.2) is 0 Å². The van der Waals surface area contributed by atoms with E-state index in [-0.39, 0.29) is 0 Å². The number of carbonyl (C=O) groups excluding carboxylic acids is 1. The molecule has 17 heavy (non-hydrogen) atoms. The van der Waals surface area contributed by atoms with Crippen molar-refractivity contribution in [3.63, 3.8) is 0 Å². The minimum Gasteiger partial charge on any atom is -0.481 e. The number of para-hydroxylation sites is 1. The highest BCUT2D eigenvalue weighted by Gasteiger charge is 2.04. The number of carboxylic acid groups (broad SMARTS) is 1. The van der Waals surface area contributed by atoms with Gasteiger partial charge in [0.05, 0.1) is 5.37 Å². The summed E-state index contributed by atoms with van der Waals surface area (Å²) in [6.45, 7) is 1.84. The van der Waals surface area contributed by atoms with Crippen LogP contribution in [-0.4, -0.2) is 32.7 Å². The predicted molar refractivity (Wildman–Crippen MR) is 68.6 cm³/mol. The van der Waals surface area contributed by atoms with E-state index in [2.05, 4.69) is 5.32 Å². The van der Waals surface area contributed by atoms with E-state index in [1.54, 1.807) is 12.1 Å². The molecule has 0 saturated heterocycles. The molecular formula is C11H13NO4S. The van der Waals surface area contributed by atoms with Crippen molar-refractivity contribution in [1.29, 1.82) is 0 Å². The predicted octanol–water partition coefficient (Wildman–Crippen LogP) is 1.56. The minimum atomic E-state index is -1.55. The molecule has 92 valence electrons. The monoisotopic (exact) mass is 255 g/mol. The first-order valence-electron chi connectivity index (χ1n) is 4.81. The third-order valence-electron chi connectivity index (χ3n) is 1.92. The fourth-order valence-electron chi connectivity index (χ4n) is 1.17. The number of amides is 1. The number of hydrogen-bond acceptors (Lipinski definition) is 3. The Balaban J connectivity index is 2.67. The molecule has 0 aromatic heterocycles. The maximum atomic E-state index is 11.4. The Hall–Kier alpha value is -1.66. The second-order valence-electron chi connectivity index (χ2n) is 3.36. The molecule has 0 saturated carbocycles. The summed E-state index contributed by atoms with van der Waals surface area (Å²) in [7, 11) is -1.55. The molecule has 0 bridgehead atoms. The average molecular weight is 255 g/mol. The molecule has 0 aliphatic heterocycles. The van der Waals surface area contributed by atoms with E-state index in [9.17, 15) is 14.1 Å². The van der Waals surface area contributed by atoms with Crippen LogP contribution in [0.1, 0.15) is 5.56 Å². The topological polar surface area (TPSA) is 86.6 Å². The molecule has 1 atom stereocenters. The minimum absolute atomic E-state index is 0.457. The second-order valence-corrected chi connectivity index (χ2v) is 4.69. The Morgan fingerprint density at radius 2 is 2.06 bits per heavy atom. The molecule has 1 amide bonds. The molecule has 0 aliphatic carbocycles. The van der Waals surface area contributed by atoms with Crippen molar-refractivity contribution in [2.24, 2.45) is 0 Å². The first kappa shape index (κ1) is 13.4. The Labute approximate surface area is 101 Å². The van der Waals surface area contributed by atoms with Gasteiger partial charge in [0.15, 0.2) is 0 Å². The summed E-state index contributed by atoms with van der Waals surface area (Å²) in [6.07, 6.45) is 0. The van der Waals surface area contributed by atoms with Gasteiger partial charge in [-0.05, 0) is 29.3 Å². The summed E-state index contributed by atoms with van der Waals surface area (Å²) in [5.74, 6) is -2.11. The lowest BCUT2D eigenvalue weighted by molar-refractivity contribution is -0.134. The Bertz CT molecular complexity index is 470. The molecule has 3 N–H and O–H groups in total. The summed E-state index contributed by atoms with van der Waals surface area (Å²) >= 11 is 0. The van der Waals surface area contributed by atoms with Crippen molar-refractivity contribution in [2.45, 2.75) is 6.92 Å². The van der Waals surface area contributed by atoms with Crippen LogP contribution < -0.4 is 5.32 Å². The smallest absolute Gasteiger partial charge is 0.315 e. The van der Waals surface area contributed by atoms with Gasteiger partial charge in [0.2, 0.25) is 0 Å². The number of benzene rings is 1. The summed E-state index contributed by atoms with van der Waals surface area (Å²) in [5.41, 5.74) is 1.53. The van der Waals surface area contributed by atoms with Crippen LogP contribution in [0, 0.1) is 6.92 Å². The third kappa shape index (κ3) is 4.80. The fourth-order valence-corrected chi connectivity index (χ4v) is 1.81.